The fourth-order valence-corrected chi connectivity index (χ4v) is 0.923. The van der Waals surface area contributed by atoms with Gasteiger partial charge in [-0.15, -0.1) is 0 Å². The lowest BCUT2D eigenvalue weighted by Crippen LogP contribution is -2.31. The highest BCUT2D eigenvalue weighted by atomic mass is 32.1. The van der Waals surface area contributed by atoms with Crippen molar-refractivity contribution in [3.63, 3.8) is 0 Å². The highest BCUT2D eigenvalue weighted by molar-refractivity contribution is 7.96. The van der Waals surface area contributed by atoms with E-state index in [2.05, 4.69) is 12.6 Å². The van der Waals surface area contributed by atoms with Gasteiger partial charge >= 0.3 is 0 Å². The van der Waals surface area contributed by atoms with Crippen LogP contribution in [0.15, 0.2) is 30.3 Å². The summed E-state index contributed by atoms with van der Waals surface area (Å²) in [5.41, 5.74) is 0.116. The van der Waals surface area contributed by atoms with Crippen LogP contribution in [0.5, 0.6) is 0 Å². The van der Waals surface area contributed by atoms with Gasteiger partial charge in [0.05, 0.1) is 0 Å². The van der Waals surface area contributed by atoms with Crippen molar-refractivity contribution < 1.29 is 15.0 Å². The lowest BCUT2D eigenvalue weighted by molar-refractivity contribution is -0.177. The van der Waals surface area contributed by atoms with E-state index >= 15 is 0 Å². The Balaban J connectivity index is 3.06. The van der Waals surface area contributed by atoms with E-state index in [0.717, 1.165) is 0 Å². The molecule has 1 rings (SSSR count). The third kappa shape index (κ3) is 1.66. The Morgan fingerprint density at radius 1 is 1.25 bits per heavy atom. The second-order valence-corrected chi connectivity index (χ2v) is 2.75. The van der Waals surface area contributed by atoms with Crippen LogP contribution in [-0.4, -0.2) is 15.3 Å². The second kappa shape index (κ2) is 3.26. The highest BCUT2D eigenvalue weighted by Crippen LogP contribution is 2.19. The van der Waals surface area contributed by atoms with Crippen LogP contribution in [0.25, 0.3) is 0 Å². The van der Waals surface area contributed by atoms with Crippen LogP contribution in [0.3, 0.4) is 0 Å². The SMILES string of the molecule is O=C(S)C(O)(O)c1ccccc1. The van der Waals surface area contributed by atoms with Crippen LogP contribution in [0, 0.1) is 0 Å². The van der Waals surface area contributed by atoms with Crippen molar-refractivity contribution in [2.45, 2.75) is 5.79 Å². The quantitative estimate of drug-likeness (QED) is 0.457. The van der Waals surface area contributed by atoms with Crippen LogP contribution in [0.2, 0.25) is 0 Å². The number of thiol groups is 1. The van der Waals surface area contributed by atoms with Gasteiger partial charge in [0.25, 0.3) is 5.79 Å². The molecule has 0 fully saturated rings. The Morgan fingerprint density at radius 3 is 2.17 bits per heavy atom. The average molecular weight is 184 g/mol. The van der Waals surface area contributed by atoms with Crippen molar-refractivity contribution >= 4 is 17.7 Å². The molecule has 1 aromatic rings. The zero-order chi connectivity index (χ0) is 9.19. The van der Waals surface area contributed by atoms with Crippen LogP contribution < -0.4 is 0 Å². The van der Waals surface area contributed by atoms with Gasteiger partial charge < -0.3 is 10.2 Å². The lowest BCUT2D eigenvalue weighted by atomic mass is 10.1. The molecule has 0 radical (unpaired) electrons. The standard InChI is InChI=1S/C8H8O3S/c9-7(12)8(10,11)6-4-2-1-3-5-6/h1-5,10-11H,(H,9,12). The Morgan fingerprint density at radius 2 is 1.75 bits per heavy atom. The van der Waals surface area contributed by atoms with Crippen molar-refractivity contribution in [3.05, 3.63) is 35.9 Å². The number of aliphatic hydroxyl groups is 2. The molecule has 0 aliphatic carbocycles. The minimum Gasteiger partial charge on any atom is -0.355 e. The van der Waals surface area contributed by atoms with E-state index in [0.29, 0.717) is 0 Å². The Kier molecular flexibility index (Phi) is 2.52. The zero-order valence-electron chi connectivity index (χ0n) is 6.14. The molecule has 4 heteroatoms. The molecule has 1 aromatic carbocycles. The summed E-state index contributed by atoms with van der Waals surface area (Å²) in [6.07, 6.45) is 0. The van der Waals surface area contributed by atoms with Crippen LogP contribution in [0.4, 0.5) is 0 Å². The molecule has 0 aliphatic heterocycles. The molecular formula is C8H8O3S. The summed E-state index contributed by atoms with van der Waals surface area (Å²) in [7, 11) is 0. The van der Waals surface area contributed by atoms with E-state index in [4.69, 9.17) is 0 Å². The smallest absolute Gasteiger partial charge is 0.261 e. The predicted molar refractivity (Wildman–Crippen MR) is 46.6 cm³/mol. The van der Waals surface area contributed by atoms with Gasteiger partial charge in [-0.05, 0) is 0 Å². The summed E-state index contributed by atoms with van der Waals surface area (Å²) in [6, 6.07) is 7.80. The van der Waals surface area contributed by atoms with Crippen molar-refractivity contribution in [3.8, 4) is 0 Å². The van der Waals surface area contributed by atoms with E-state index in [-0.39, 0.29) is 5.56 Å². The minimum atomic E-state index is -2.48. The van der Waals surface area contributed by atoms with Gasteiger partial charge in [0.2, 0.25) is 5.12 Å². The molecule has 0 heterocycles. The number of benzene rings is 1. The third-order valence-electron chi connectivity index (χ3n) is 1.47. The highest BCUT2D eigenvalue weighted by Gasteiger charge is 2.32. The maximum Gasteiger partial charge on any atom is 0.261 e. The fraction of sp³-hybridized carbons (Fsp3) is 0.125. The monoisotopic (exact) mass is 184 g/mol. The van der Waals surface area contributed by atoms with Crippen LogP contribution in [0.1, 0.15) is 5.56 Å². The molecule has 0 spiro atoms. The molecule has 0 saturated heterocycles. The molecular weight excluding hydrogens is 176 g/mol. The maximum absolute atomic E-state index is 10.6. The molecule has 64 valence electrons. The number of carbonyl (C=O) groups excluding carboxylic acids is 1. The van der Waals surface area contributed by atoms with Gasteiger partial charge in [-0.25, -0.2) is 0 Å². The first-order valence-corrected chi connectivity index (χ1v) is 3.73. The molecule has 0 atom stereocenters. The van der Waals surface area contributed by atoms with E-state index in [1.165, 1.54) is 12.1 Å². The topological polar surface area (TPSA) is 57.5 Å². The second-order valence-electron chi connectivity index (χ2n) is 2.34. The predicted octanol–water partition coefficient (Wildman–Crippen LogP) is 0.280. The fourth-order valence-electron chi connectivity index (χ4n) is 0.794. The number of rotatable bonds is 2. The molecule has 0 unspecified atom stereocenters. The summed E-state index contributed by atoms with van der Waals surface area (Å²) in [4.78, 5) is 10.6. The number of hydrogen-bond donors (Lipinski definition) is 3. The van der Waals surface area contributed by atoms with Gasteiger partial charge in [0.1, 0.15) is 0 Å². The van der Waals surface area contributed by atoms with Crippen molar-refractivity contribution in [2.75, 3.05) is 0 Å². The summed E-state index contributed by atoms with van der Waals surface area (Å²) < 4.78 is 0. The Bertz CT molecular complexity index is 282. The minimum absolute atomic E-state index is 0.116. The van der Waals surface area contributed by atoms with Gasteiger partial charge in [-0.3, -0.25) is 4.79 Å². The third-order valence-corrected chi connectivity index (χ3v) is 1.79. The van der Waals surface area contributed by atoms with E-state index in [9.17, 15) is 15.0 Å². The Labute approximate surface area is 75.1 Å². The molecule has 0 aliphatic rings. The van der Waals surface area contributed by atoms with Crippen LogP contribution >= 0.6 is 12.6 Å². The van der Waals surface area contributed by atoms with Crippen molar-refractivity contribution in [1.82, 2.24) is 0 Å². The van der Waals surface area contributed by atoms with Crippen molar-refractivity contribution in [2.24, 2.45) is 0 Å². The molecule has 2 N–H and O–H groups in total. The van der Waals surface area contributed by atoms with Gasteiger partial charge in [-0.2, -0.15) is 0 Å². The van der Waals surface area contributed by atoms with Gasteiger partial charge in [0.15, 0.2) is 0 Å². The lowest BCUT2D eigenvalue weighted by Gasteiger charge is -2.16. The largest absolute Gasteiger partial charge is 0.355 e. The molecule has 0 amide bonds. The number of hydrogen-bond acceptors (Lipinski definition) is 3. The first-order chi connectivity index (χ1) is 5.55. The molecule has 3 nitrogen and oxygen atoms in total. The molecule has 0 bridgehead atoms. The molecule has 12 heavy (non-hydrogen) atoms. The normalized spacial score (nSPS) is 11.2. The molecule has 0 aromatic heterocycles. The summed E-state index contributed by atoms with van der Waals surface area (Å²) in [6.45, 7) is 0. The van der Waals surface area contributed by atoms with E-state index in [1.54, 1.807) is 18.2 Å². The summed E-state index contributed by atoms with van der Waals surface area (Å²) >= 11 is 3.35. The van der Waals surface area contributed by atoms with Crippen molar-refractivity contribution in [1.29, 1.82) is 0 Å². The van der Waals surface area contributed by atoms with Crippen LogP contribution in [-0.2, 0) is 10.6 Å². The Hall–Kier alpha value is -0.840. The average Bonchev–Trinajstić information content (AvgIpc) is 2.06. The van der Waals surface area contributed by atoms with Gasteiger partial charge in [-0.1, -0.05) is 43.0 Å². The van der Waals surface area contributed by atoms with E-state index in [1.807, 2.05) is 0 Å². The zero-order valence-corrected chi connectivity index (χ0v) is 7.03. The summed E-state index contributed by atoms with van der Waals surface area (Å²) in [5.74, 6) is -2.48. The first-order valence-electron chi connectivity index (χ1n) is 3.29. The first kappa shape index (κ1) is 9.25. The van der Waals surface area contributed by atoms with Gasteiger partial charge in [0, 0.05) is 5.56 Å². The maximum atomic E-state index is 10.6. The number of carbonyl (C=O) groups is 1. The molecule has 0 saturated carbocycles. The van der Waals surface area contributed by atoms with E-state index < -0.39 is 10.9 Å². The summed E-state index contributed by atoms with van der Waals surface area (Å²) in [5, 5.41) is 17.4.